The van der Waals surface area contributed by atoms with E-state index in [9.17, 15) is 9.59 Å². The average molecular weight is 453 g/mol. The van der Waals surface area contributed by atoms with Crippen LogP contribution in [0.4, 0.5) is 5.13 Å². The Kier molecular flexibility index (Phi) is 9.41. The number of carbonyl (C=O) groups excluding carboxylic acids is 2. The highest BCUT2D eigenvalue weighted by atomic mass is 79.9. The number of nitrogens with zero attached hydrogens (tertiary/aromatic N) is 2. The topological polar surface area (TPSA) is 84.0 Å². The highest BCUT2D eigenvalue weighted by Crippen LogP contribution is 2.18. The molecule has 1 aromatic carbocycles. The van der Waals surface area contributed by atoms with E-state index in [1.165, 1.54) is 43.4 Å². The fourth-order valence-electron chi connectivity index (χ4n) is 2.53. The molecule has 146 valence electrons. The molecule has 2 rings (SSSR count). The van der Waals surface area contributed by atoms with Crippen molar-refractivity contribution < 1.29 is 9.59 Å². The molecule has 1 aromatic heterocycles. The molecule has 6 nitrogen and oxygen atoms in total. The van der Waals surface area contributed by atoms with E-state index >= 15 is 0 Å². The minimum absolute atomic E-state index is 0.119. The predicted molar refractivity (Wildman–Crippen MR) is 112 cm³/mol. The average Bonchev–Trinajstić information content (AvgIpc) is 3.10. The third-order valence-corrected chi connectivity index (χ3v) is 5.58. The van der Waals surface area contributed by atoms with Crippen molar-refractivity contribution in [3.63, 3.8) is 0 Å². The van der Waals surface area contributed by atoms with Crippen LogP contribution in [0, 0.1) is 0 Å². The Balaban J connectivity index is 1.69. The van der Waals surface area contributed by atoms with Crippen LogP contribution in [0.15, 0.2) is 28.7 Å². The smallest absolute Gasteiger partial charge is 0.252 e. The van der Waals surface area contributed by atoms with Crippen molar-refractivity contribution in [2.24, 2.45) is 0 Å². The number of amides is 2. The standard InChI is InChI=1S/C19H25BrN4O2S/c1-2-3-4-5-6-7-12-17-23-24-19(27-17)22-16(25)13-21-18(26)14-10-8-9-11-15(14)20/h8-11H,2-7,12-13H2,1H3,(H,21,26)(H,22,24,25). The van der Waals surface area contributed by atoms with Gasteiger partial charge in [0.25, 0.3) is 5.91 Å². The van der Waals surface area contributed by atoms with Gasteiger partial charge in [0, 0.05) is 10.9 Å². The molecule has 0 bridgehead atoms. The number of hydrogen-bond acceptors (Lipinski definition) is 5. The molecular weight excluding hydrogens is 428 g/mol. The van der Waals surface area contributed by atoms with Crippen LogP contribution >= 0.6 is 27.3 Å². The van der Waals surface area contributed by atoms with Crippen LogP contribution in [0.25, 0.3) is 0 Å². The second kappa shape index (κ2) is 11.8. The van der Waals surface area contributed by atoms with E-state index in [1.54, 1.807) is 18.2 Å². The summed E-state index contributed by atoms with van der Waals surface area (Å²) >= 11 is 4.71. The fraction of sp³-hybridized carbons (Fsp3) is 0.474. The van der Waals surface area contributed by atoms with Crippen molar-refractivity contribution >= 4 is 44.2 Å². The molecule has 0 spiro atoms. The van der Waals surface area contributed by atoms with E-state index in [2.05, 4.69) is 43.7 Å². The Labute approximate surface area is 172 Å². The summed E-state index contributed by atoms with van der Waals surface area (Å²) in [5.41, 5.74) is 0.488. The third-order valence-electron chi connectivity index (χ3n) is 3.99. The lowest BCUT2D eigenvalue weighted by molar-refractivity contribution is -0.115. The zero-order chi connectivity index (χ0) is 19.5. The first kappa shape index (κ1) is 21.5. The highest BCUT2D eigenvalue weighted by Gasteiger charge is 2.12. The van der Waals surface area contributed by atoms with E-state index < -0.39 is 0 Å². The molecule has 0 aliphatic carbocycles. The Bertz CT molecular complexity index is 751. The van der Waals surface area contributed by atoms with Gasteiger partial charge in [0.15, 0.2) is 0 Å². The number of hydrogen-bond donors (Lipinski definition) is 2. The van der Waals surface area contributed by atoms with Crippen LogP contribution in [0.1, 0.15) is 60.8 Å². The van der Waals surface area contributed by atoms with E-state index in [-0.39, 0.29) is 18.4 Å². The van der Waals surface area contributed by atoms with E-state index in [4.69, 9.17) is 0 Å². The van der Waals surface area contributed by atoms with Gasteiger partial charge in [-0.3, -0.25) is 14.9 Å². The molecule has 2 N–H and O–H groups in total. The molecule has 0 atom stereocenters. The molecule has 2 amide bonds. The maximum absolute atomic E-state index is 12.1. The third kappa shape index (κ3) is 7.76. The summed E-state index contributed by atoms with van der Waals surface area (Å²) in [5, 5.41) is 14.8. The molecule has 0 saturated carbocycles. The Morgan fingerprint density at radius 3 is 2.59 bits per heavy atom. The lowest BCUT2D eigenvalue weighted by atomic mass is 10.1. The van der Waals surface area contributed by atoms with Crippen molar-refractivity contribution in [1.29, 1.82) is 0 Å². The SMILES string of the molecule is CCCCCCCCc1nnc(NC(=O)CNC(=O)c2ccccc2Br)s1. The first-order valence-electron chi connectivity index (χ1n) is 9.25. The zero-order valence-corrected chi connectivity index (χ0v) is 17.9. The van der Waals surface area contributed by atoms with Gasteiger partial charge < -0.3 is 5.32 Å². The number of halogens is 1. The molecule has 0 fully saturated rings. The van der Waals surface area contributed by atoms with E-state index in [1.807, 2.05) is 6.07 Å². The van der Waals surface area contributed by atoms with Gasteiger partial charge in [0.05, 0.1) is 12.1 Å². The van der Waals surface area contributed by atoms with Crippen LogP contribution in [0.3, 0.4) is 0 Å². The van der Waals surface area contributed by atoms with Crippen molar-refractivity contribution in [3.05, 3.63) is 39.3 Å². The van der Waals surface area contributed by atoms with Gasteiger partial charge in [-0.15, -0.1) is 10.2 Å². The molecule has 1 heterocycles. The van der Waals surface area contributed by atoms with E-state index in [0.717, 1.165) is 17.8 Å². The van der Waals surface area contributed by atoms with E-state index in [0.29, 0.717) is 15.2 Å². The summed E-state index contributed by atoms with van der Waals surface area (Å²) in [5.74, 6) is -0.628. The minimum atomic E-state index is -0.322. The summed E-state index contributed by atoms with van der Waals surface area (Å²) in [4.78, 5) is 24.1. The fourth-order valence-corrected chi connectivity index (χ4v) is 3.79. The maximum Gasteiger partial charge on any atom is 0.252 e. The van der Waals surface area contributed by atoms with Gasteiger partial charge in [0.2, 0.25) is 11.0 Å². The van der Waals surface area contributed by atoms with Crippen LogP contribution in [0.5, 0.6) is 0 Å². The molecular formula is C19H25BrN4O2S. The first-order chi connectivity index (χ1) is 13.1. The quantitative estimate of drug-likeness (QED) is 0.488. The number of aromatic nitrogens is 2. The predicted octanol–water partition coefficient (Wildman–Crippen LogP) is 4.57. The van der Waals surface area contributed by atoms with Crippen LogP contribution < -0.4 is 10.6 Å². The van der Waals surface area contributed by atoms with Gasteiger partial charge >= 0.3 is 0 Å². The second-order valence-electron chi connectivity index (χ2n) is 6.23. The number of nitrogens with one attached hydrogen (secondary N) is 2. The number of benzene rings is 1. The first-order valence-corrected chi connectivity index (χ1v) is 10.9. The number of aryl methyl sites for hydroxylation is 1. The monoisotopic (exact) mass is 452 g/mol. The summed E-state index contributed by atoms with van der Waals surface area (Å²) < 4.78 is 0.686. The van der Waals surface area contributed by atoms with Gasteiger partial charge in [0.1, 0.15) is 5.01 Å². The molecule has 2 aromatic rings. The van der Waals surface area contributed by atoms with Crippen LogP contribution in [0.2, 0.25) is 0 Å². The normalized spacial score (nSPS) is 10.6. The van der Waals surface area contributed by atoms with Gasteiger partial charge in [-0.25, -0.2) is 0 Å². The molecule has 0 aliphatic rings. The summed E-state index contributed by atoms with van der Waals surface area (Å²) in [6.07, 6.45) is 8.27. The molecule has 0 unspecified atom stereocenters. The minimum Gasteiger partial charge on any atom is -0.343 e. The highest BCUT2D eigenvalue weighted by molar-refractivity contribution is 9.10. The molecule has 8 heteroatoms. The Hall–Kier alpha value is -1.80. The number of rotatable bonds is 11. The maximum atomic E-state index is 12.1. The van der Waals surface area contributed by atoms with Crippen LogP contribution in [-0.2, 0) is 11.2 Å². The summed E-state index contributed by atoms with van der Waals surface area (Å²) in [6, 6.07) is 7.07. The van der Waals surface area contributed by atoms with Gasteiger partial charge in [-0.2, -0.15) is 0 Å². The zero-order valence-electron chi connectivity index (χ0n) is 15.5. The second-order valence-corrected chi connectivity index (χ2v) is 8.15. The molecule has 0 radical (unpaired) electrons. The summed E-state index contributed by atoms with van der Waals surface area (Å²) in [6.45, 7) is 2.09. The lowest BCUT2D eigenvalue weighted by Crippen LogP contribution is -2.33. The number of unbranched alkanes of at least 4 members (excludes halogenated alkanes) is 5. The largest absolute Gasteiger partial charge is 0.343 e. The Morgan fingerprint density at radius 1 is 1.07 bits per heavy atom. The Morgan fingerprint density at radius 2 is 1.81 bits per heavy atom. The molecule has 27 heavy (non-hydrogen) atoms. The van der Waals surface area contributed by atoms with Gasteiger partial charge in [-0.1, -0.05) is 62.5 Å². The number of anilines is 1. The molecule has 0 saturated heterocycles. The van der Waals surface area contributed by atoms with Crippen molar-refractivity contribution in [2.75, 3.05) is 11.9 Å². The summed E-state index contributed by atoms with van der Waals surface area (Å²) in [7, 11) is 0. The number of carbonyl (C=O) groups is 2. The van der Waals surface area contributed by atoms with Crippen molar-refractivity contribution in [1.82, 2.24) is 15.5 Å². The van der Waals surface area contributed by atoms with Crippen molar-refractivity contribution in [2.45, 2.75) is 51.9 Å². The molecule has 0 aliphatic heterocycles. The lowest BCUT2D eigenvalue weighted by Gasteiger charge is -2.06. The van der Waals surface area contributed by atoms with Gasteiger partial charge in [-0.05, 0) is 34.5 Å². The van der Waals surface area contributed by atoms with Crippen molar-refractivity contribution in [3.8, 4) is 0 Å². The van der Waals surface area contributed by atoms with Crippen LogP contribution in [-0.4, -0.2) is 28.6 Å².